The Morgan fingerprint density at radius 3 is 2.52 bits per heavy atom. The number of benzene rings is 1. The number of aryl methyl sites for hydroxylation is 1. The van der Waals surface area contributed by atoms with Gasteiger partial charge in [-0.1, -0.05) is 46.4 Å². The number of anilines is 1. The second-order valence-electron chi connectivity index (χ2n) is 5.67. The number of aromatic nitrogens is 3. The Morgan fingerprint density at radius 1 is 1.21 bits per heavy atom. The molecule has 2 aromatic heterocycles. The summed E-state index contributed by atoms with van der Waals surface area (Å²) >= 11 is 24.0. The van der Waals surface area contributed by atoms with E-state index in [0.717, 1.165) is 0 Å². The summed E-state index contributed by atoms with van der Waals surface area (Å²) in [6.07, 6.45) is 1.30. The van der Waals surface area contributed by atoms with Crippen LogP contribution in [0.1, 0.15) is 21.7 Å². The van der Waals surface area contributed by atoms with Crippen molar-refractivity contribution in [3.63, 3.8) is 0 Å². The first-order valence-corrected chi connectivity index (χ1v) is 9.36. The topological polar surface area (TPSA) is 98.2 Å². The van der Waals surface area contributed by atoms with Crippen LogP contribution < -0.4 is 11.2 Å². The minimum Gasteiger partial charge on any atom is -0.396 e. The van der Waals surface area contributed by atoms with Crippen LogP contribution in [-0.2, 0) is 0 Å². The molecule has 29 heavy (non-hydrogen) atoms. The van der Waals surface area contributed by atoms with Crippen LogP contribution in [0.5, 0.6) is 0 Å². The highest BCUT2D eigenvalue weighted by Crippen LogP contribution is 2.34. The fraction of sp³-hybridized carbons (Fsp3) is 0.0588. The zero-order valence-corrected chi connectivity index (χ0v) is 17.6. The largest absolute Gasteiger partial charge is 0.396 e. The van der Waals surface area contributed by atoms with Crippen molar-refractivity contribution in [1.29, 1.82) is 0 Å². The van der Waals surface area contributed by atoms with Crippen LogP contribution in [-0.4, -0.2) is 26.9 Å². The molecular formula is C17H11Cl4FN6O. The van der Waals surface area contributed by atoms with Crippen LogP contribution in [0.25, 0.3) is 5.69 Å². The maximum atomic E-state index is 13.1. The number of pyridine rings is 1. The van der Waals surface area contributed by atoms with E-state index in [1.165, 1.54) is 35.2 Å². The molecule has 0 aliphatic carbocycles. The van der Waals surface area contributed by atoms with Crippen molar-refractivity contribution in [3.8, 4) is 5.69 Å². The van der Waals surface area contributed by atoms with Gasteiger partial charge in [-0.05, 0) is 31.2 Å². The smallest absolute Gasteiger partial charge is 0.291 e. The van der Waals surface area contributed by atoms with E-state index in [9.17, 15) is 9.18 Å². The maximum absolute atomic E-state index is 13.1. The number of nitrogens with one attached hydrogen (secondary N) is 1. The molecule has 0 radical (unpaired) electrons. The van der Waals surface area contributed by atoms with E-state index in [2.05, 4.69) is 20.6 Å². The number of nitrogens with zero attached hydrogens (tertiary/aromatic N) is 4. The van der Waals surface area contributed by atoms with Gasteiger partial charge in [0.1, 0.15) is 16.0 Å². The average Bonchev–Trinajstić information content (AvgIpc) is 2.97. The first-order valence-electron chi connectivity index (χ1n) is 7.85. The first kappa shape index (κ1) is 21.3. The van der Waals surface area contributed by atoms with Gasteiger partial charge in [-0.2, -0.15) is 10.2 Å². The zero-order chi connectivity index (χ0) is 21.3. The number of hydrazone groups is 1. The summed E-state index contributed by atoms with van der Waals surface area (Å²) in [4.78, 5) is 16.1. The third-order valence-corrected chi connectivity index (χ3v) is 5.27. The molecule has 2 heterocycles. The molecule has 3 rings (SSSR count). The Kier molecular flexibility index (Phi) is 6.28. The Hall–Kier alpha value is -2.39. The molecule has 7 nitrogen and oxygen atoms in total. The zero-order valence-electron chi connectivity index (χ0n) is 14.6. The molecule has 3 aromatic rings. The van der Waals surface area contributed by atoms with Crippen LogP contribution in [0.3, 0.4) is 0 Å². The molecule has 0 atom stereocenters. The fourth-order valence-corrected chi connectivity index (χ4v) is 3.22. The lowest BCUT2D eigenvalue weighted by Gasteiger charge is -2.07. The number of hydrogen-bond acceptors (Lipinski definition) is 5. The number of rotatable bonds is 4. The monoisotopic (exact) mass is 474 g/mol. The van der Waals surface area contributed by atoms with Gasteiger partial charge in [0.15, 0.2) is 10.8 Å². The third kappa shape index (κ3) is 4.30. The number of nitrogens with two attached hydrogens (primary N) is 1. The summed E-state index contributed by atoms with van der Waals surface area (Å²) in [6.45, 7) is 1.70. The molecule has 0 aliphatic heterocycles. The third-order valence-electron chi connectivity index (χ3n) is 3.77. The Labute approximate surface area is 184 Å². The number of hydrogen-bond donors (Lipinski definition) is 2. The minimum atomic E-state index is -0.754. The van der Waals surface area contributed by atoms with Crippen molar-refractivity contribution in [2.24, 2.45) is 5.10 Å². The average molecular weight is 476 g/mol. The van der Waals surface area contributed by atoms with Gasteiger partial charge in [0.2, 0.25) is 0 Å². The van der Waals surface area contributed by atoms with Crippen molar-refractivity contribution in [2.45, 2.75) is 6.92 Å². The van der Waals surface area contributed by atoms with Gasteiger partial charge in [-0.15, -0.1) is 0 Å². The number of carbonyl (C=O) groups is 1. The van der Waals surface area contributed by atoms with Gasteiger partial charge in [0.25, 0.3) is 5.91 Å². The van der Waals surface area contributed by atoms with E-state index >= 15 is 0 Å². The molecule has 12 heteroatoms. The van der Waals surface area contributed by atoms with E-state index in [-0.39, 0.29) is 37.6 Å². The summed E-state index contributed by atoms with van der Waals surface area (Å²) in [5, 5.41) is 8.00. The highest BCUT2D eigenvalue weighted by atomic mass is 35.5. The molecule has 0 spiro atoms. The number of halogens is 5. The number of carbonyl (C=O) groups excluding carboxylic acids is 1. The summed E-state index contributed by atoms with van der Waals surface area (Å²) < 4.78 is 14.5. The molecule has 3 N–H and O–H groups in total. The predicted molar refractivity (Wildman–Crippen MR) is 112 cm³/mol. The van der Waals surface area contributed by atoms with E-state index in [0.29, 0.717) is 16.9 Å². The van der Waals surface area contributed by atoms with Gasteiger partial charge >= 0.3 is 0 Å². The molecule has 0 bridgehead atoms. The molecule has 0 unspecified atom stereocenters. The molecular weight excluding hydrogens is 465 g/mol. The second kappa shape index (κ2) is 8.54. The molecule has 0 fully saturated rings. The predicted octanol–water partition coefficient (Wildman–Crippen LogP) is 4.67. The SMILES string of the molecule is Cc1nn(-c2ccc(F)cc2)c(Cl)c1/C=N\NC(=O)c1nc(Cl)c(Cl)c(N)c1Cl. The van der Waals surface area contributed by atoms with Gasteiger partial charge in [0, 0.05) is 0 Å². The standard InChI is InChI=1S/C17H11Cl4FN6O/c1-7-10(16(21)28(27-7)9-4-2-8(22)3-5-9)6-24-26-17(29)14-11(18)13(23)12(19)15(20)25-14/h2-6H,1H3,(H2,23,25)(H,26,29)/b24-6-. The van der Waals surface area contributed by atoms with Crippen molar-refractivity contribution in [2.75, 3.05) is 5.73 Å². The van der Waals surface area contributed by atoms with Crippen LogP contribution in [0.4, 0.5) is 10.1 Å². The summed E-state index contributed by atoms with van der Waals surface area (Å²) in [6, 6.07) is 5.63. The van der Waals surface area contributed by atoms with Crippen molar-refractivity contribution in [3.05, 3.63) is 67.4 Å². The lowest BCUT2D eigenvalue weighted by atomic mass is 10.3. The second-order valence-corrected chi connectivity index (χ2v) is 7.14. The summed E-state index contributed by atoms with van der Waals surface area (Å²) in [5.74, 6) is -1.13. The van der Waals surface area contributed by atoms with Crippen LogP contribution >= 0.6 is 46.4 Å². The molecule has 0 aliphatic rings. The Bertz CT molecular complexity index is 1130. The van der Waals surface area contributed by atoms with Gasteiger partial charge < -0.3 is 5.73 Å². The molecule has 1 amide bonds. The van der Waals surface area contributed by atoms with E-state index < -0.39 is 5.91 Å². The van der Waals surface area contributed by atoms with Crippen molar-refractivity contribution < 1.29 is 9.18 Å². The van der Waals surface area contributed by atoms with Crippen LogP contribution in [0, 0.1) is 12.7 Å². The number of nitrogen functional groups attached to an aromatic ring is 1. The van der Waals surface area contributed by atoms with Gasteiger partial charge in [0.05, 0.1) is 33.9 Å². The molecule has 1 aromatic carbocycles. The summed E-state index contributed by atoms with van der Waals surface area (Å²) in [5.41, 5.74) is 9.18. The van der Waals surface area contributed by atoms with E-state index in [1.54, 1.807) is 6.92 Å². The van der Waals surface area contributed by atoms with Gasteiger partial charge in [-0.3, -0.25) is 4.79 Å². The summed E-state index contributed by atoms with van der Waals surface area (Å²) in [7, 11) is 0. The molecule has 0 saturated heterocycles. The maximum Gasteiger partial charge on any atom is 0.291 e. The van der Waals surface area contributed by atoms with Crippen molar-refractivity contribution in [1.82, 2.24) is 20.2 Å². The lowest BCUT2D eigenvalue weighted by Crippen LogP contribution is -2.20. The first-order chi connectivity index (χ1) is 13.7. The molecule has 0 saturated carbocycles. The Balaban J connectivity index is 1.83. The lowest BCUT2D eigenvalue weighted by molar-refractivity contribution is 0.0950. The van der Waals surface area contributed by atoms with Crippen LogP contribution in [0.2, 0.25) is 20.4 Å². The quantitative estimate of drug-likeness (QED) is 0.325. The molecule has 150 valence electrons. The van der Waals surface area contributed by atoms with Gasteiger partial charge in [-0.25, -0.2) is 19.5 Å². The van der Waals surface area contributed by atoms with Crippen LogP contribution in [0.15, 0.2) is 29.4 Å². The van der Waals surface area contributed by atoms with E-state index in [4.69, 9.17) is 52.1 Å². The number of amides is 1. The highest BCUT2D eigenvalue weighted by molar-refractivity contribution is 6.46. The van der Waals surface area contributed by atoms with Crippen molar-refractivity contribution >= 4 is 64.2 Å². The Morgan fingerprint density at radius 2 is 1.86 bits per heavy atom. The fourth-order valence-electron chi connectivity index (χ4n) is 2.30. The normalized spacial score (nSPS) is 11.2. The minimum absolute atomic E-state index is 0.0488. The van der Waals surface area contributed by atoms with E-state index in [1.807, 2.05) is 0 Å². The highest BCUT2D eigenvalue weighted by Gasteiger charge is 2.19.